The first kappa shape index (κ1) is 21.1. The van der Waals surface area contributed by atoms with Crippen LogP contribution in [-0.2, 0) is 20.0 Å². The molecule has 0 saturated carbocycles. The minimum absolute atomic E-state index is 0.0475. The van der Waals surface area contributed by atoms with Crippen molar-refractivity contribution in [3.05, 3.63) is 92.6 Å². The number of hydrogen-bond acceptors (Lipinski definition) is 5. The normalized spacial score (nSPS) is 14.9. The molecular formula is C23H22ClN7O2. The lowest BCUT2D eigenvalue weighted by atomic mass is 10.1. The van der Waals surface area contributed by atoms with Crippen LogP contribution in [0.25, 0.3) is 5.69 Å². The molecule has 33 heavy (non-hydrogen) atoms. The quantitative estimate of drug-likeness (QED) is 0.501. The number of fused-ring (bicyclic) bond motifs is 3. The van der Waals surface area contributed by atoms with Crippen LogP contribution >= 0.6 is 11.6 Å². The second-order valence-electron chi connectivity index (χ2n) is 8.09. The molecule has 1 aliphatic heterocycles. The lowest BCUT2D eigenvalue weighted by molar-refractivity contribution is 0.0921. The Kier molecular flexibility index (Phi) is 5.33. The zero-order valence-corrected chi connectivity index (χ0v) is 19.0. The molecule has 1 N–H and O–H groups in total. The summed E-state index contributed by atoms with van der Waals surface area (Å²) in [4.78, 5) is 30.0. The molecule has 0 spiro atoms. The van der Waals surface area contributed by atoms with Crippen LogP contribution in [0.1, 0.15) is 45.6 Å². The molecule has 1 atom stereocenters. The Morgan fingerprint density at radius 3 is 2.82 bits per heavy atom. The van der Waals surface area contributed by atoms with Gasteiger partial charge in [-0.1, -0.05) is 41.9 Å². The SMILES string of the molecule is Cc1cccc(Cl)c1Cn1cnc(C(=O)NC2CCc3ccccc3-n3c2nn(C)c3=O)n1. The van der Waals surface area contributed by atoms with E-state index in [1.807, 2.05) is 49.4 Å². The van der Waals surface area contributed by atoms with Crippen molar-refractivity contribution in [1.82, 2.24) is 34.4 Å². The van der Waals surface area contributed by atoms with Gasteiger partial charge in [0.2, 0.25) is 5.82 Å². The molecule has 0 fully saturated rings. The van der Waals surface area contributed by atoms with Crippen LogP contribution in [0.3, 0.4) is 0 Å². The van der Waals surface area contributed by atoms with Crippen molar-refractivity contribution in [2.75, 3.05) is 0 Å². The van der Waals surface area contributed by atoms with Gasteiger partial charge < -0.3 is 5.32 Å². The van der Waals surface area contributed by atoms with Gasteiger partial charge in [-0.15, -0.1) is 5.10 Å². The van der Waals surface area contributed by atoms with Crippen LogP contribution in [0.5, 0.6) is 0 Å². The molecule has 0 bridgehead atoms. The number of benzene rings is 2. The average molecular weight is 464 g/mol. The number of rotatable bonds is 4. The van der Waals surface area contributed by atoms with Crippen LogP contribution in [0.4, 0.5) is 0 Å². The van der Waals surface area contributed by atoms with Crippen molar-refractivity contribution in [2.24, 2.45) is 7.05 Å². The standard InChI is InChI=1S/C23H22ClN7O2/c1-14-6-5-8-17(24)16(14)12-30-13-25-20(27-30)22(32)26-18-11-10-15-7-3-4-9-19(15)31-21(18)28-29(2)23(31)33/h3-9,13,18H,10-12H2,1-2H3,(H,26,32). The van der Waals surface area contributed by atoms with Crippen LogP contribution in [0, 0.1) is 6.92 Å². The molecule has 9 nitrogen and oxygen atoms in total. The second-order valence-corrected chi connectivity index (χ2v) is 8.50. The molecular weight excluding hydrogens is 442 g/mol. The van der Waals surface area contributed by atoms with Crippen LogP contribution in [-0.4, -0.2) is 35.0 Å². The summed E-state index contributed by atoms with van der Waals surface area (Å²) >= 11 is 6.32. The second kappa shape index (κ2) is 8.32. The molecule has 1 unspecified atom stereocenters. The number of nitrogens with zero attached hydrogens (tertiary/aromatic N) is 6. The lowest BCUT2D eigenvalue weighted by Crippen LogP contribution is -2.31. The molecule has 5 rings (SSSR count). The zero-order valence-electron chi connectivity index (χ0n) is 18.2. The molecule has 168 valence electrons. The Labute approximate surface area is 194 Å². The Morgan fingerprint density at radius 1 is 1.18 bits per heavy atom. The van der Waals surface area contributed by atoms with Gasteiger partial charge in [-0.2, -0.15) is 5.10 Å². The smallest absolute Gasteiger partial charge is 0.339 e. The number of hydrogen-bond donors (Lipinski definition) is 1. The Hall–Kier alpha value is -3.72. The molecule has 1 amide bonds. The molecule has 0 saturated heterocycles. The Morgan fingerprint density at radius 2 is 2.00 bits per heavy atom. The third-order valence-corrected chi connectivity index (χ3v) is 6.27. The van der Waals surface area contributed by atoms with Gasteiger partial charge in [0.15, 0.2) is 5.82 Å². The third kappa shape index (κ3) is 3.84. The highest BCUT2D eigenvalue weighted by molar-refractivity contribution is 6.31. The summed E-state index contributed by atoms with van der Waals surface area (Å²) in [6, 6.07) is 12.9. The van der Waals surface area contributed by atoms with E-state index in [2.05, 4.69) is 20.5 Å². The maximum Gasteiger partial charge on any atom is 0.350 e. The van der Waals surface area contributed by atoms with Crippen molar-refractivity contribution in [3.8, 4) is 5.69 Å². The number of amides is 1. The van der Waals surface area contributed by atoms with Crippen LogP contribution in [0.15, 0.2) is 53.6 Å². The first-order chi connectivity index (χ1) is 15.9. The maximum absolute atomic E-state index is 13.0. The van der Waals surface area contributed by atoms with Gasteiger partial charge in [0.25, 0.3) is 5.91 Å². The van der Waals surface area contributed by atoms with Crippen molar-refractivity contribution in [3.63, 3.8) is 0 Å². The van der Waals surface area contributed by atoms with Gasteiger partial charge >= 0.3 is 5.69 Å². The minimum Gasteiger partial charge on any atom is -0.339 e. The summed E-state index contributed by atoms with van der Waals surface area (Å²) in [6.07, 6.45) is 2.80. The predicted octanol–water partition coefficient (Wildman–Crippen LogP) is 2.59. The van der Waals surface area contributed by atoms with Crippen molar-refractivity contribution in [2.45, 2.75) is 32.4 Å². The van der Waals surface area contributed by atoms with Gasteiger partial charge in [-0.05, 0) is 48.6 Å². The molecule has 2 aromatic carbocycles. The lowest BCUT2D eigenvalue weighted by Gasteiger charge is -2.14. The molecule has 1 aliphatic rings. The largest absolute Gasteiger partial charge is 0.350 e. The van der Waals surface area contributed by atoms with E-state index in [4.69, 9.17) is 11.6 Å². The number of carbonyl (C=O) groups is 1. The number of aryl methyl sites for hydroxylation is 3. The minimum atomic E-state index is -0.462. The number of aromatic nitrogens is 6. The average Bonchev–Trinajstić information content (AvgIpc) is 3.34. The molecule has 3 heterocycles. The van der Waals surface area contributed by atoms with Gasteiger partial charge in [0.05, 0.1) is 18.3 Å². The number of halogens is 1. The molecule has 0 aliphatic carbocycles. The number of para-hydroxylation sites is 1. The molecule has 0 radical (unpaired) electrons. The van der Waals surface area contributed by atoms with Crippen LogP contribution < -0.4 is 11.0 Å². The third-order valence-electron chi connectivity index (χ3n) is 5.91. The van der Waals surface area contributed by atoms with Crippen molar-refractivity contribution in [1.29, 1.82) is 0 Å². The Bertz CT molecular complexity index is 1400. The fraction of sp³-hybridized carbons (Fsp3) is 0.261. The summed E-state index contributed by atoms with van der Waals surface area (Å²) in [7, 11) is 1.60. The van der Waals surface area contributed by atoms with E-state index in [-0.39, 0.29) is 11.5 Å². The first-order valence-electron chi connectivity index (χ1n) is 10.6. The van der Waals surface area contributed by atoms with E-state index in [1.54, 1.807) is 16.3 Å². The van der Waals surface area contributed by atoms with Gasteiger partial charge in [0, 0.05) is 12.1 Å². The summed E-state index contributed by atoms with van der Waals surface area (Å²) in [6.45, 7) is 2.38. The van der Waals surface area contributed by atoms with Crippen molar-refractivity contribution < 1.29 is 4.79 Å². The number of nitrogens with one attached hydrogen (secondary N) is 1. The van der Waals surface area contributed by atoms with E-state index in [1.165, 1.54) is 11.0 Å². The highest BCUT2D eigenvalue weighted by Gasteiger charge is 2.29. The fourth-order valence-electron chi connectivity index (χ4n) is 4.17. The van der Waals surface area contributed by atoms with E-state index >= 15 is 0 Å². The Balaban J connectivity index is 1.40. The van der Waals surface area contributed by atoms with E-state index < -0.39 is 11.9 Å². The monoisotopic (exact) mass is 463 g/mol. The van der Waals surface area contributed by atoms with Gasteiger partial charge in [-0.3, -0.25) is 4.79 Å². The van der Waals surface area contributed by atoms with Gasteiger partial charge in [0.1, 0.15) is 6.33 Å². The first-order valence-corrected chi connectivity index (χ1v) is 11.0. The summed E-state index contributed by atoms with van der Waals surface area (Å²) in [5, 5.41) is 12.4. The highest BCUT2D eigenvalue weighted by atomic mass is 35.5. The summed E-state index contributed by atoms with van der Waals surface area (Å²) < 4.78 is 4.44. The molecule has 2 aromatic heterocycles. The molecule has 4 aromatic rings. The van der Waals surface area contributed by atoms with E-state index in [9.17, 15) is 9.59 Å². The van der Waals surface area contributed by atoms with Crippen LogP contribution in [0.2, 0.25) is 5.02 Å². The predicted molar refractivity (Wildman–Crippen MR) is 123 cm³/mol. The summed E-state index contributed by atoms with van der Waals surface area (Å²) in [5.74, 6) is 0.114. The van der Waals surface area contributed by atoms with E-state index in [0.29, 0.717) is 30.2 Å². The highest BCUT2D eigenvalue weighted by Crippen LogP contribution is 2.27. The number of carbonyl (C=O) groups excluding carboxylic acids is 1. The van der Waals surface area contributed by atoms with E-state index in [0.717, 1.165) is 22.4 Å². The summed E-state index contributed by atoms with van der Waals surface area (Å²) in [5.41, 5.74) is 3.53. The van der Waals surface area contributed by atoms with Gasteiger partial charge in [-0.25, -0.2) is 23.7 Å². The fourth-order valence-corrected chi connectivity index (χ4v) is 4.45. The zero-order chi connectivity index (χ0) is 23.1. The van der Waals surface area contributed by atoms with Crippen molar-refractivity contribution >= 4 is 17.5 Å². The molecule has 10 heteroatoms. The topological polar surface area (TPSA) is 99.6 Å². The maximum atomic E-state index is 13.0.